The fraction of sp³-hybridized carbons (Fsp3) is 0.400. The molecule has 0 bridgehead atoms. The van der Waals surface area contributed by atoms with Crippen LogP contribution in [0.1, 0.15) is 17.3 Å². The Morgan fingerprint density at radius 2 is 2.17 bits per heavy atom. The standard InChI is InChI=1S/C20H23N5O4S/c1-2-29-19(28)15-10-25(20-22-5-6-30-20)18-14(17(15)27)3-4-16(23-18)24-8-12(7-21)13(9-24)11-26/h3-6,10,12-13,26H,2,7-9,11,21H2,1H3/t12-,13+/m0/s1. The Morgan fingerprint density at radius 3 is 2.80 bits per heavy atom. The van der Waals surface area contributed by atoms with Crippen molar-refractivity contribution >= 4 is 34.2 Å². The number of rotatable bonds is 6. The van der Waals surface area contributed by atoms with Gasteiger partial charge < -0.3 is 20.5 Å². The molecule has 0 radical (unpaired) electrons. The van der Waals surface area contributed by atoms with E-state index in [1.54, 1.807) is 29.8 Å². The lowest BCUT2D eigenvalue weighted by Gasteiger charge is -2.19. The SMILES string of the molecule is CCOC(=O)c1cn(-c2nccs2)c2nc(N3C[C@H](CN)[C@@H](CO)C3)ccc2c1=O. The maximum absolute atomic E-state index is 13.0. The number of hydrogen-bond donors (Lipinski definition) is 2. The molecule has 30 heavy (non-hydrogen) atoms. The minimum atomic E-state index is -0.671. The molecule has 0 spiro atoms. The van der Waals surface area contributed by atoms with Gasteiger partial charge in [-0.15, -0.1) is 11.3 Å². The van der Waals surface area contributed by atoms with Gasteiger partial charge in [0.25, 0.3) is 0 Å². The van der Waals surface area contributed by atoms with Crippen molar-refractivity contribution in [2.45, 2.75) is 6.92 Å². The second kappa shape index (κ2) is 8.50. The van der Waals surface area contributed by atoms with Crippen LogP contribution in [0.3, 0.4) is 0 Å². The number of ether oxygens (including phenoxy) is 1. The Balaban J connectivity index is 1.85. The molecule has 3 aromatic rings. The average molecular weight is 430 g/mol. The van der Waals surface area contributed by atoms with Crippen molar-refractivity contribution in [3.63, 3.8) is 0 Å². The molecule has 0 amide bonds. The third-order valence-electron chi connectivity index (χ3n) is 5.39. The van der Waals surface area contributed by atoms with E-state index in [1.807, 2.05) is 5.38 Å². The molecule has 158 valence electrons. The molecular formula is C20H23N5O4S. The van der Waals surface area contributed by atoms with Crippen LogP contribution in [0, 0.1) is 11.8 Å². The second-order valence-electron chi connectivity index (χ2n) is 7.16. The van der Waals surface area contributed by atoms with Crippen LogP contribution in [0.4, 0.5) is 5.82 Å². The van der Waals surface area contributed by atoms with Crippen LogP contribution < -0.4 is 16.1 Å². The predicted octanol–water partition coefficient (Wildman–Crippen LogP) is 1.02. The fourth-order valence-corrected chi connectivity index (χ4v) is 4.42. The maximum atomic E-state index is 13.0. The number of aliphatic hydroxyl groups is 1. The number of nitrogens with two attached hydrogens (primary N) is 1. The zero-order chi connectivity index (χ0) is 21.3. The number of carbonyl (C=O) groups excluding carboxylic acids is 1. The smallest absolute Gasteiger partial charge is 0.343 e. The number of nitrogens with zero attached hydrogens (tertiary/aromatic N) is 4. The lowest BCUT2D eigenvalue weighted by atomic mass is 9.97. The minimum Gasteiger partial charge on any atom is -0.462 e. The Hall–Kier alpha value is -2.82. The molecule has 2 atom stereocenters. The molecular weight excluding hydrogens is 406 g/mol. The third kappa shape index (κ3) is 3.57. The molecule has 10 heteroatoms. The van der Waals surface area contributed by atoms with Gasteiger partial charge in [0.2, 0.25) is 5.43 Å². The summed E-state index contributed by atoms with van der Waals surface area (Å²) in [5, 5.41) is 12.3. The maximum Gasteiger partial charge on any atom is 0.343 e. The topological polar surface area (TPSA) is 124 Å². The molecule has 0 saturated carbocycles. The number of aliphatic hydroxyl groups excluding tert-OH is 1. The molecule has 0 unspecified atom stereocenters. The van der Waals surface area contributed by atoms with Gasteiger partial charge in [-0.25, -0.2) is 14.8 Å². The van der Waals surface area contributed by atoms with Gasteiger partial charge in [0.15, 0.2) is 10.8 Å². The summed E-state index contributed by atoms with van der Waals surface area (Å²) >= 11 is 1.37. The number of anilines is 1. The first kappa shape index (κ1) is 20.5. The molecule has 3 N–H and O–H groups in total. The van der Waals surface area contributed by atoms with Crippen molar-refractivity contribution in [3.05, 3.63) is 45.7 Å². The van der Waals surface area contributed by atoms with E-state index in [2.05, 4.69) is 9.88 Å². The molecule has 4 rings (SSSR count). The van der Waals surface area contributed by atoms with Crippen molar-refractivity contribution in [1.82, 2.24) is 14.5 Å². The fourth-order valence-electron chi connectivity index (χ4n) is 3.80. The van der Waals surface area contributed by atoms with E-state index in [0.29, 0.717) is 41.6 Å². The van der Waals surface area contributed by atoms with E-state index in [9.17, 15) is 14.7 Å². The number of thiazole rings is 1. The molecule has 4 heterocycles. The van der Waals surface area contributed by atoms with Gasteiger partial charge in [0.1, 0.15) is 11.4 Å². The van der Waals surface area contributed by atoms with Crippen LogP contribution >= 0.6 is 11.3 Å². The Labute approximate surface area is 176 Å². The average Bonchev–Trinajstić information content (AvgIpc) is 3.43. The summed E-state index contributed by atoms with van der Waals surface area (Å²) in [6, 6.07) is 3.44. The minimum absolute atomic E-state index is 0.0567. The predicted molar refractivity (Wildman–Crippen MR) is 114 cm³/mol. The zero-order valence-corrected chi connectivity index (χ0v) is 17.3. The molecule has 0 aliphatic carbocycles. The van der Waals surface area contributed by atoms with Crippen molar-refractivity contribution in [3.8, 4) is 5.13 Å². The Bertz CT molecular complexity index is 1100. The lowest BCUT2D eigenvalue weighted by molar-refractivity contribution is 0.0524. The van der Waals surface area contributed by atoms with Crippen LogP contribution in [0.2, 0.25) is 0 Å². The summed E-state index contributed by atoms with van der Waals surface area (Å²) in [4.78, 5) is 36.4. The zero-order valence-electron chi connectivity index (χ0n) is 16.5. The van der Waals surface area contributed by atoms with Crippen LogP contribution in [0.5, 0.6) is 0 Å². The normalized spacial score (nSPS) is 18.8. The largest absolute Gasteiger partial charge is 0.462 e. The molecule has 0 aromatic carbocycles. The van der Waals surface area contributed by atoms with Crippen molar-refractivity contribution in [1.29, 1.82) is 0 Å². The first-order valence-corrected chi connectivity index (χ1v) is 10.6. The van der Waals surface area contributed by atoms with Gasteiger partial charge in [0.05, 0.1) is 12.0 Å². The molecule has 1 aliphatic heterocycles. The first-order valence-electron chi connectivity index (χ1n) is 9.76. The van der Waals surface area contributed by atoms with Crippen LogP contribution in [0.25, 0.3) is 16.2 Å². The Morgan fingerprint density at radius 1 is 1.37 bits per heavy atom. The van der Waals surface area contributed by atoms with E-state index in [1.165, 1.54) is 17.5 Å². The van der Waals surface area contributed by atoms with Crippen molar-refractivity contribution < 1.29 is 14.6 Å². The molecule has 1 aliphatic rings. The molecule has 1 saturated heterocycles. The van der Waals surface area contributed by atoms with Gasteiger partial charge in [-0.3, -0.25) is 9.36 Å². The summed E-state index contributed by atoms with van der Waals surface area (Å²) in [6.07, 6.45) is 3.09. The highest BCUT2D eigenvalue weighted by atomic mass is 32.1. The van der Waals surface area contributed by atoms with E-state index >= 15 is 0 Å². The van der Waals surface area contributed by atoms with Crippen LogP contribution in [-0.4, -0.2) is 58.5 Å². The second-order valence-corrected chi connectivity index (χ2v) is 8.03. The number of hydrogen-bond acceptors (Lipinski definition) is 9. The summed E-state index contributed by atoms with van der Waals surface area (Å²) in [5.74, 6) is 0.278. The van der Waals surface area contributed by atoms with E-state index in [-0.39, 0.29) is 30.6 Å². The highest BCUT2D eigenvalue weighted by molar-refractivity contribution is 7.12. The summed E-state index contributed by atoms with van der Waals surface area (Å²) in [7, 11) is 0. The van der Waals surface area contributed by atoms with E-state index in [0.717, 1.165) is 0 Å². The number of esters is 1. The molecule has 9 nitrogen and oxygen atoms in total. The molecule has 3 aromatic heterocycles. The third-order valence-corrected chi connectivity index (χ3v) is 6.17. The highest BCUT2D eigenvalue weighted by Crippen LogP contribution is 2.28. The number of aromatic nitrogens is 3. The van der Waals surface area contributed by atoms with Gasteiger partial charge in [-0.1, -0.05) is 0 Å². The van der Waals surface area contributed by atoms with Gasteiger partial charge in [-0.2, -0.15) is 0 Å². The monoisotopic (exact) mass is 429 g/mol. The lowest BCUT2D eigenvalue weighted by Crippen LogP contribution is -2.25. The first-order chi connectivity index (χ1) is 14.6. The van der Waals surface area contributed by atoms with Crippen LogP contribution in [-0.2, 0) is 4.74 Å². The number of carbonyl (C=O) groups is 1. The summed E-state index contributed by atoms with van der Waals surface area (Å²) < 4.78 is 6.70. The van der Waals surface area contributed by atoms with Gasteiger partial charge >= 0.3 is 5.97 Å². The highest BCUT2D eigenvalue weighted by Gasteiger charge is 2.32. The molecule has 1 fully saturated rings. The van der Waals surface area contributed by atoms with E-state index < -0.39 is 11.4 Å². The van der Waals surface area contributed by atoms with Crippen molar-refractivity contribution in [2.24, 2.45) is 17.6 Å². The summed E-state index contributed by atoms with van der Waals surface area (Å²) in [6.45, 7) is 3.74. The van der Waals surface area contributed by atoms with Gasteiger partial charge in [0, 0.05) is 43.4 Å². The van der Waals surface area contributed by atoms with Crippen molar-refractivity contribution in [2.75, 3.05) is 37.7 Å². The number of pyridine rings is 2. The quantitative estimate of drug-likeness (QED) is 0.557. The van der Waals surface area contributed by atoms with Crippen LogP contribution in [0.15, 0.2) is 34.7 Å². The van der Waals surface area contributed by atoms with E-state index in [4.69, 9.17) is 15.5 Å². The summed E-state index contributed by atoms with van der Waals surface area (Å²) in [5.41, 5.74) is 5.79. The Kier molecular flexibility index (Phi) is 5.80. The van der Waals surface area contributed by atoms with Gasteiger partial charge in [-0.05, 0) is 31.5 Å². The number of fused-ring (bicyclic) bond motifs is 1.